The maximum absolute atomic E-state index is 4.52. The van der Waals surface area contributed by atoms with Crippen molar-refractivity contribution >= 4 is 0 Å². The van der Waals surface area contributed by atoms with Gasteiger partial charge in [-0.05, 0) is 58.4 Å². The zero-order valence-electron chi connectivity index (χ0n) is 13.6. The molecule has 0 amide bonds. The Hall–Kier alpha value is -0.940. The van der Waals surface area contributed by atoms with Gasteiger partial charge in [0.15, 0.2) is 0 Å². The Balaban J connectivity index is 1.62. The lowest BCUT2D eigenvalue weighted by molar-refractivity contribution is 0.211. The van der Waals surface area contributed by atoms with Crippen molar-refractivity contribution < 1.29 is 0 Å². The summed E-state index contributed by atoms with van der Waals surface area (Å²) in [6.45, 7) is 9.24. The van der Waals surface area contributed by atoms with Gasteiger partial charge in [0, 0.05) is 13.0 Å². The lowest BCUT2D eigenvalue weighted by atomic mass is 9.96. The molecular weight excluding hydrogens is 262 g/mol. The first-order valence-corrected chi connectivity index (χ1v) is 8.60. The highest BCUT2D eigenvalue weighted by Crippen LogP contribution is 2.26. The van der Waals surface area contributed by atoms with Crippen molar-refractivity contribution in [2.45, 2.75) is 51.5 Å². The lowest BCUT2D eigenvalue weighted by Crippen LogP contribution is -2.33. The Morgan fingerprint density at radius 2 is 1.67 bits per heavy atom. The third kappa shape index (κ3) is 3.46. The van der Waals surface area contributed by atoms with E-state index in [-0.39, 0.29) is 0 Å². The van der Waals surface area contributed by atoms with Crippen LogP contribution >= 0.6 is 0 Å². The predicted molar refractivity (Wildman–Crippen MR) is 84.2 cm³/mol. The molecule has 0 saturated carbocycles. The van der Waals surface area contributed by atoms with Crippen molar-refractivity contribution in [3.8, 4) is 0 Å². The van der Waals surface area contributed by atoms with Gasteiger partial charge in [-0.1, -0.05) is 13.3 Å². The van der Waals surface area contributed by atoms with Crippen LogP contribution in [0.25, 0.3) is 0 Å². The summed E-state index contributed by atoms with van der Waals surface area (Å²) in [5.74, 6) is 2.95. The highest BCUT2D eigenvalue weighted by Gasteiger charge is 2.25. The van der Waals surface area contributed by atoms with Crippen LogP contribution in [0, 0.1) is 0 Å². The van der Waals surface area contributed by atoms with Crippen LogP contribution < -0.4 is 0 Å². The fraction of sp³-hybridized carbons (Fsp3) is 0.875. The van der Waals surface area contributed by atoms with Crippen LogP contribution in [0.1, 0.15) is 56.6 Å². The van der Waals surface area contributed by atoms with Gasteiger partial charge in [0.05, 0.1) is 6.54 Å². The Kier molecular flexibility index (Phi) is 4.91. The molecule has 2 aliphatic rings. The number of aromatic nitrogens is 3. The molecule has 0 atom stereocenters. The van der Waals surface area contributed by atoms with Crippen molar-refractivity contribution in [3.05, 3.63) is 11.6 Å². The van der Waals surface area contributed by atoms with Crippen LogP contribution in [0.3, 0.4) is 0 Å². The minimum Gasteiger partial charge on any atom is -0.317 e. The van der Waals surface area contributed by atoms with E-state index in [4.69, 9.17) is 0 Å². The van der Waals surface area contributed by atoms with Crippen LogP contribution in [0.5, 0.6) is 0 Å². The molecule has 0 spiro atoms. The van der Waals surface area contributed by atoms with Crippen molar-refractivity contribution in [1.82, 2.24) is 24.6 Å². The molecule has 2 saturated heterocycles. The molecule has 3 heterocycles. The molecule has 118 valence electrons. The van der Waals surface area contributed by atoms with Crippen LogP contribution in [-0.4, -0.2) is 57.3 Å². The predicted octanol–water partition coefficient (Wildman–Crippen LogP) is 2.00. The maximum Gasteiger partial charge on any atom is 0.146 e. The number of hydrogen-bond acceptors (Lipinski definition) is 4. The summed E-state index contributed by atoms with van der Waals surface area (Å²) >= 11 is 0. The second kappa shape index (κ2) is 6.88. The molecule has 5 nitrogen and oxygen atoms in total. The summed E-state index contributed by atoms with van der Waals surface area (Å²) in [4.78, 5) is 5.05. The van der Waals surface area contributed by atoms with Crippen LogP contribution in [0.4, 0.5) is 0 Å². The summed E-state index contributed by atoms with van der Waals surface area (Å²) in [7, 11) is 2.15. The van der Waals surface area contributed by atoms with Crippen LogP contribution in [-0.2, 0) is 13.6 Å². The van der Waals surface area contributed by atoms with E-state index in [1.165, 1.54) is 70.7 Å². The molecule has 21 heavy (non-hydrogen) atoms. The number of likely N-dealkylation sites (tertiary alicyclic amines) is 2. The van der Waals surface area contributed by atoms with Crippen molar-refractivity contribution in [1.29, 1.82) is 0 Å². The molecule has 0 N–H and O–H groups in total. The summed E-state index contributed by atoms with van der Waals surface area (Å²) in [5.41, 5.74) is 0. The van der Waals surface area contributed by atoms with Gasteiger partial charge in [-0.3, -0.25) is 4.90 Å². The summed E-state index contributed by atoms with van der Waals surface area (Å²) in [6, 6.07) is 0. The fourth-order valence-corrected chi connectivity index (χ4v) is 3.69. The first-order valence-electron chi connectivity index (χ1n) is 8.60. The minimum atomic E-state index is 0.598. The summed E-state index contributed by atoms with van der Waals surface area (Å²) < 4.78 is 2.26. The molecule has 0 aliphatic carbocycles. The Morgan fingerprint density at radius 1 is 0.952 bits per heavy atom. The van der Waals surface area contributed by atoms with Crippen LogP contribution in [0.2, 0.25) is 0 Å². The summed E-state index contributed by atoms with van der Waals surface area (Å²) in [5, 5.41) is 9.01. The number of piperidine rings is 2. The van der Waals surface area contributed by atoms with Gasteiger partial charge in [0.2, 0.25) is 0 Å². The Bertz CT molecular complexity index is 442. The zero-order valence-corrected chi connectivity index (χ0v) is 13.6. The van der Waals surface area contributed by atoms with Gasteiger partial charge in [0.1, 0.15) is 11.6 Å². The number of rotatable bonds is 4. The molecule has 0 radical (unpaired) electrons. The average Bonchev–Trinajstić information content (AvgIpc) is 2.89. The smallest absolute Gasteiger partial charge is 0.146 e. The second-order valence-electron chi connectivity index (χ2n) is 6.58. The van der Waals surface area contributed by atoms with Gasteiger partial charge in [0.25, 0.3) is 0 Å². The van der Waals surface area contributed by atoms with Crippen molar-refractivity contribution in [2.24, 2.45) is 7.05 Å². The second-order valence-corrected chi connectivity index (χ2v) is 6.58. The van der Waals surface area contributed by atoms with E-state index in [9.17, 15) is 0 Å². The number of hydrogen-bond donors (Lipinski definition) is 0. The van der Waals surface area contributed by atoms with E-state index in [1.54, 1.807) is 0 Å². The largest absolute Gasteiger partial charge is 0.317 e. The first kappa shape index (κ1) is 15.0. The van der Waals surface area contributed by atoms with Gasteiger partial charge >= 0.3 is 0 Å². The molecule has 5 heteroatoms. The summed E-state index contributed by atoms with van der Waals surface area (Å²) in [6.07, 6.45) is 6.50. The molecule has 3 rings (SSSR count). The van der Waals surface area contributed by atoms with E-state index in [2.05, 4.69) is 38.5 Å². The third-order valence-electron chi connectivity index (χ3n) is 5.21. The van der Waals surface area contributed by atoms with E-state index in [0.717, 1.165) is 12.4 Å². The molecular formula is C16H29N5. The number of nitrogens with zero attached hydrogens (tertiary/aromatic N) is 5. The molecule has 2 fully saturated rings. The average molecular weight is 291 g/mol. The molecule has 0 bridgehead atoms. The maximum atomic E-state index is 4.52. The first-order chi connectivity index (χ1) is 10.3. The molecule has 1 aromatic rings. The SMILES string of the molecule is CCN1CCC(c2nnc(CN3CCCCC3)n2C)CC1. The highest BCUT2D eigenvalue weighted by molar-refractivity contribution is 5.03. The lowest BCUT2D eigenvalue weighted by Gasteiger charge is -2.30. The standard InChI is InChI=1S/C16H29N5/c1-3-20-11-7-14(8-12-20)16-18-17-15(19(16)2)13-21-9-5-4-6-10-21/h14H,3-13H2,1-2H3. The van der Waals surface area contributed by atoms with Gasteiger partial charge in [-0.2, -0.15) is 0 Å². The Morgan fingerprint density at radius 3 is 2.33 bits per heavy atom. The van der Waals surface area contributed by atoms with Gasteiger partial charge in [-0.15, -0.1) is 10.2 Å². The Labute approximate surface area is 128 Å². The monoisotopic (exact) mass is 291 g/mol. The molecule has 0 aromatic carbocycles. The van der Waals surface area contributed by atoms with Gasteiger partial charge in [-0.25, -0.2) is 0 Å². The molecule has 1 aromatic heterocycles. The topological polar surface area (TPSA) is 37.2 Å². The van der Waals surface area contributed by atoms with E-state index in [0.29, 0.717) is 5.92 Å². The van der Waals surface area contributed by atoms with Gasteiger partial charge < -0.3 is 9.47 Å². The molecule has 0 unspecified atom stereocenters. The quantitative estimate of drug-likeness (QED) is 0.850. The fourth-order valence-electron chi connectivity index (χ4n) is 3.69. The van der Waals surface area contributed by atoms with Crippen molar-refractivity contribution in [2.75, 3.05) is 32.7 Å². The zero-order chi connectivity index (χ0) is 14.7. The van der Waals surface area contributed by atoms with Crippen LogP contribution in [0.15, 0.2) is 0 Å². The van der Waals surface area contributed by atoms with E-state index < -0.39 is 0 Å². The third-order valence-corrected chi connectivity index (χ3v) is 5.21. The highest BCUT2D eigenvalue weighted by atomic mass is 15.3. The minimum absolute atomic E-state index is 0.598. The normalized spacial score (nSPS) is 22.8. The van der Waals surface area contributed by atoms with Crippen molar-refractivity contribution in [3.63, 3.8) is 0 Å². The van der Waals surface area contributed by atoms with E-state index in [1.807, 2.05) is 0 Å². The van der Waals surface area contributed by atoms with E-state index >= 15 is 0 Å². The molecule has 2 aliphatic heterocycles.